The Morgan fingerprint density at radius 3 is 2.61 bits per heavy atom. The number of esters is 1. The summed E-state index contributed by atoms with van der Waals surface area (Å²) < 4.78 is 7.82. The molecule has 0 aliphatic carbocycles. The van der Waals surface area contributed by atoms with Gasteiger partial charge in [0.25, 0.3) is 5.91 Å². The van der Waals surface area contributed by atoms with Crippen LogP contribution in [0.25, 0.3) is 10.2 Å². The quantitative estimate of drug-likeness (QED) is 0.811. The maximum atomic E-state index is 12.3. The van der Waals surface area contributed by atoms with Crippen LogP contribution in [0.5, 0.6) is 0 Å². The fourth-order valence-corrected chi connectivity index (χ4v) is 3.24. The number of fused-ring (bicyclic) bond motifs is 1. The lowest BCUT2D eigenvalue weighted by Crippen LogP contribution is -2.26. The second-order valence-corrected chi connectivity index (χ2v) is 7.37. The van der Waals surface area contributed by atoms with Crippen molar-refractivity contribution in [2.24, 2.45) is 10.4 Å². The van der Waals surface area contributed by atoms with Crippen molar-refractivity contribution in [1.29, 1.82) is 0 Å². The standard InChI is InChI=1S/C17H22N2O3S/c1-6-22-13(20)10-19-14-11(2)8-7-9-12(14)23-16(19)18-15(21)17(3,4)5/h7-9H,6,10H2,1-5H3. The van der Waals surface area contributed by atoms with Crippen molar-refractivity contribution in [2.45, 2.75) is 41.2 Å². The van der Waals surface area contributed by atoms with E-state index < -0.39 is 5.41 Å². The van der Waals surface area contributed by atoms with Crippen molar-refractivity contribution in [3.8, 4) is 0 Å². The molecule has 0 saturated heterocycles. The molecule has 0 N–H and O–H groups in total. The monoisotopic (exact) mass is 334 g/mol. The van der Waals surface area contributed by atoms with Gasteiger partial charge in [0.05, 0.1) is 16.8 Å². The van der Waals surface area contributed by atoms with Gasteiger partial charge in [-0.1, -0.05) is 44.2 Å². The third-order valence-corrected chi connectivity index (χ3v) is 4.38. The van der Waals surface area contributed by atoms with Gasteiger partial charge in [-0.25, -0.2) is 0 Å². The lowest BCUT2D eigenvalue weighted by Gasteiger charge is -2.12. The van der Waals surface area contributed by atoms with E-state index in [1.54, 1.807) is 11.5 Å². The number of hydrogen-bond acceptors (Lipinski definition) is 4. The molecule has 0 saturated carbocycles. The molecular formula is C17H22N2O3S. The van der Waals surface area contributed by atoms with Crippen LogP contribution in [0.3, 0.4) is 0 Å². The molecule has 1 aromatic carbocycles. The Hall–Kier alpha value is -1.95. The SMILES string of the molecule is CCOC(=O)Cn1c(=NC(=O)C(C)(C)C)sc2cccc(C)c21. The first-order valence-electron chi connectivity index (χ1n) is 7.57. The average molecular weight is 334 g/mol. The van der Waals surface area contributed by atoms with Gasteiger partial charge in [-0.2, -0.15) is 4.99 Å². The zero-order valence-corrected chi connectivity index (χ0v) is 15.0. The number of para-hydroxylation sites is 1. The van der Waals surface area contributed by atoms with Crippen LogP contribution in [0.1, 0.15) is 33.3 Å². The van der Waals surface area contributed by atoms with Gasteiger partial charge in [-0.15, -0.1) is 0 Å². The molecule has 2 rings (SSSR count). The normalized spacial score (nSPS) is 12.7. The lowest BCUT2D eigenvalue weighted by atomic mass is 9.96. The van der Waals surface area contributed by atoms with E-state index in [1.807, 2.05) is 45.9 Å². The second kappa shape index (κ2) is 6.66. The Labute approximate surface area is 139 Å². The van der Waals surface area contributed by atoms with Crippen molar-refractivity contribution < 1.29 is 14.3 Å². The van der Waals surface area contributed by atoms with Crippen LogP contribution in [-0.4, -0.2) is 23.1 Å². The molecule has 0 aliphatic rings. The average Bonchev–Trinajstić information content (AvgIpc) is 2.77. The largest absolute Gasteiger partial charge is 0.465 e. The summed E-state index contributed by atoms with van der Waals surface area (Å²) in [5.41, 5.74) is 1.39. The number of carbonyl (C=O) groups excluding carboxylic acids is 2. The maximum Gasteiger partial charge on any atom is 0.326 e. The number of hydrogen-bond donors (Lipinski definition) is 0. The highest BCUT2D eigenvalue weighted by molar-refractivity contribution is 7.16. The molecular weight excluding hydrogens is 312 g/mol. The minimum atomic E-state index is -0.563. The van der Waals surface area contributed by atoms with Crippen molar-refractivity contribution >= 4 is 33.4 Å². The predicted octanol–water partition coefficient (Wildman–Crippen LogP) is 3.05. The van der Waals surface area contributed by atoms with Gasteiger partial charge < -0.3 is 9.30 Å². The van der Waals surface area contributed by atoms with E-state index in [-0.39, 0.29) is 18.4 Å². The molecule has 23 heavy (non-hydrogen) atoms. The van der Waals surface area contributed by atoms with E-state index >= 15 is 0 Å². The molecule has 0 radical (unpaired) electrons. The maximum absolute atomic E-state index is 12.3. The molecule has 1 amide bonds. The van der Waals surface area contributed by atoms with E-state index in [0.717, 1.165) is 15.8 Å². The van der Waals surface area contributed by atoms with Crippen molar-refractivity contribution in [1.82, 2.24) is 4.57 Å². The molecule has 0 spiro atoms. The molecule has 0 unspecified atom stereocenters. The first kappa shape index (κ1) is 17.4. The van der Waals surface area contributed by atoms with Crippen LogP contribution < -0.4 is 4.80 Å². The topological polar surface area (TPSA) is 60.7 Å². The first-order valence-corrected chi connectivity index (χ1v) is 8.39. The summed E-state index contributed by atoms with van der Waals surface area (Å²) in [6, 6.07) is 5.90. The van der Waals surface area contributed by atoms with Gasteiger partial charge in [0, 0.05) is 5.41 Å². The summed E-state index contributed by atoms with van der Waals surface area (Å²) in [7, 11) is 0. The summed E-state index contributed by atoms with van der Waals surface area (Å²) in [4.78, 5) is 29.0. The molecule has 0 aliphatic heterocycles. The van der Waals surface area contributed by atoms with Gasteiger partial charge in [0.2, 0.25) is 0 Å². The highest BCUT2D eigenvalue weighted by atomic mass is 32.1. The number of thiazole rings is 1. The Morgan fingerprint density at radius 2 is 2.00 bits per heavy atom. The summed E-state index contributed by atoms with van der Waals surface area (Å²) >= 11 is 1.41. The number of aryl methyl sites for hydroxylation is 1. The molecule has 0 bridgehead atoms. The molecule has 0 atom stereocenters. The highest BCUT2D eigenvalue weighted by Crippen LogP contribution is 2.22. The van der Waals surface area contributed by atoms with E-state index in [2.05, 4.69) is 4.99 Å². The predicted molar refractivity (Wildman–Crippen MR) is 91.2 cm³/mol. The lowest BCUT2D eigenvalue weighted by molar-refractivity contribution is -0.143. The molecule has 2 aromatic rings. The van der Waals surface area contributed by atoms with Crippen LogP contribution in [0.15, 0.2) is 23.2 Å². The van der Waals surface area contributed by atoms with Gasteiger partial charge in [-0.05, 0) is 25.5 Å². The molecule has 0 fully saturated rings. The van der Waals surface area contributed by atoms with Gasteiger partial charge in [0.15, 0.2) is 4.80 Å². The number of carbonyl (C=O) groups is 2. The summed E-state index contributed by atoms with van der Waals surface area (Å²) in [6.07, 6.45) is 0. The summed E-state index contributed by atoms with van der Waals surface area (Å²) in [5, 5.41) is 0. The summed E-state index contributed by atoms with van der Waals surface area (Å²) in [5.74, 6) is -0.542. The van der Waals surface area contributed by atoms with E-state index in [0.29, 0.717) is 11.4 Å². The minimum absolute atomic E-state index is 0.0505. The van der Waals surface area contributed by atoms with Crippen LogP contribution in [0.4, 0.5) is 0 Å². The Bertz CT molecular complexity index is 809. The van der Waals surface area contributed by atoms with Crippen LogP contribution >= 0.6 is 11.3 Å². The third kappa shape index (κ3) is 3.88. The number of rotatable bonds is 3. The second-order valence-electron chi connectivity index (χ2n) is 6.36. The number of benzene rings is 1. The Morgan fingerprint density at radius 1 is 1.30 bits per heavy atom. The number of amides is 1. The first-order chi connectivity index (χ1) is 10.7. The summed E-state index contributed by atoms with van der Waals surface area (Å²) in [6.45, 7) is 9.61. The zero-order valence-electron chi connectivity index (χ0n) is 14.2. The van der Waals surface area contributed by atoms with Gasteiger partial charge in [0.1, 0.15) is 6.54 Å². The molecule has 124 valence electrons. The smallest absolute Gasteiger partial charge is 0.326 e. The molecule has 1 aromatic heterocycles. The Kier molecular flexibility index (Phi) is 5.04. The van der Waals surface area contributed by atoms with E-state index in [1.165, 1.54) is 11.3 Å². The highest BCUT2D eigenvalue weighted by Gasteiger charge is 2.21. The third-order valence-electron chi connectivity index (χ3n) is 3.33. The minimum Gasteiger partial charge on any atom is -0.465 e. The van der Waals surface area contributed by atoms with Crippen LogP contribution in [0.2, 0.25) is 0 Å². The fraction of sp³-hybridized carbons (Fsp3) is 0.471. The molecule has 6 heteroatoms. The van der Waals surface area contributed by atoms with Crippen LogP contribution in [0, 0.1) is 12.3 Å². The van der Waals surface area contributed by atoms with Crippen molar-refractivity contribution in [3.63, 3.8) is 0 Å². The van der Waals surface area contributed by atoms with Gasteiger partial charge >= 0.3 is 5.97 Å². The Balaban J connectivity index is 2.64. The molecule has 5 nitrogen and oxygen atoms in total. The number of ether oxygens (including phenoxy) is 1. The van der Waals surface area contributed by atoms with E-state index in [9.17, 15) is 9.59 Å². The van der Waals surface area contributed by atoms with Crippen LogP contribution in [-0.2, 0) is 20.9 Å². The number of aromatic nitrogens is 1. The molecule has 1 heterocycles. The fourth-order valence-electron chi connectivity index (χ4n) is 2.13. The van der Waals surface area contributed by atoms with Crippen molar-refractivity contribution in [2.75, 3.05) is 6.61 Å². The van der Waals surface area contributed by atoms with Crippen molar-refractivity contribution in [3.05, 3.63) is 28.6 Å². The number of nitrogens with zero attached hydrogens (tertiary/aromatic N) is 2. The zero-order chi connectivity index (χ0) is 17.2. The van der Waals surface area contributed by atoms with Gasteiger partial charge in [-0.3, -0.25) is 9.59 Å². The van der Waals surface area contributed by atoms with E-state index in [4.69, 9.17) is 4.74 Å².